The van der Waals surface area contributed by atoms with Crippen LogP contribution in [-0.4, -0.2) is 61.5 Å². The Bertz CT molecular complexity index is 1160. The van der Waals surface area contributed by atoms with Crippen molar-refractivity contribution in [3.63, 3.8) is 0 Å². The molecule has 0 N–H and O–H groups in total. The van der Waals surface area contributed by atoms with Crippen molar-refractivity contribution in [3.05, 3.63) is 42.0 Å². The Morgan fingerprint density at radius 1 is 0.857 bits per heavy atom. The maximum atomic E-state index is 13.0. The van der Waals surface area contributed by atoms with Gasteiger partial charge in [0.05, 0.1) is 25.4 Å². The summed E-state index contributed by atoms with van der Waals surface area (Å²) in [6.45, 7) is 4.96. The number of urea groups is 1. The Morgan fingerprint density at radius 3 is 2.26 bits per heavy atom. The lowest BCUT2D eigenvalue weighted by molar-refractivity contribution is -0.139. The van der Waals surface area contributed by atoms with E-state index in [0.717, 1.165) is 17.7 Å². The van der Waals surface area contributed by atoms with Crippen molar-refractivity contribution in [2.24, 2.45) is 0 Å². The first-order valence-corrected chi connectivity index (χ1v) is 11.5. The number of benzene rings is 2. The van der Waals surface area contributed by atoms with Crippen LogP contribution in [0.1, 0.15) is 37.0 Å². The topological polar surface area (TPSA) is 112 Å². The fourth-order valence-electron chi connectivity index (χ4n) is 3.62. The molecule has 10 heteroatoms. The van der Waals surface area contributed by atoms with Gasteiger partial charge in [-0.2, -0.15) is 0 Å². The smallest absolute Gasteiger partial charge is 0.339 e. The highest BCUT2D eigenvalue weighted by atomic mass is 16.6. The minimum absolute atomic E-state index is 0.151. The van der Waals surface area contributed by atoms with E-state index in [-0.39, 0.29) is 11.3 Å². The van der Waals surface area contributed by atoms with Crippen LogP contribution in [0.3, 0.4) is 0 Å². The Kier molecular flexibility index (Phi) is 7.19. The lowest BCUT2D eigenvalue weighted by Gasteiger charge is -2.19. The molecule has 1 saturated heterocycles. The third kappa shape index (κ3) is 4.91. The lowest BCUT2D eigenvalue weighted by Crippen LogP contribution is -2.37. The molecule has 1 fully saturated rings. The summed E-state index contributed by atoms with van der Waals surface area (Å²) >= 11 is 0. The molecular weight excluding hydrogens is 456 g/mol. The van der Waals surface area contributed by atoms with Gasteiger partial charge in [0.15, 0.2) is 28.8 Å². The van der Waals surface area contributed by atoms with Gasteiger partial charge in [-0.05, 0) is 43.2 Å². The molecular formula is C25H26N2O8. The van der Waals surface area contributed by atoms with Crippen molar-refractivity contribution >= 4 is 29.3 Å². The highest BCUT2D eigenvalue weighted by Gasteiger charge is 2.46. The second-order valence-corrected chi connectivity index (χ2v) is 7.92. The Balaban J connectivity index is 1.54. The summed E-state index contributed by atoms with van der Waals surface area (Å²) < 4.78 is 22.3. The van der Waals surface area contributed by atoms with Gasteiger partial charge in [-0.15, -0.1) is 0 Å². The molecule has 0 bridgehead atoms. The van der Waals surface area contributed by atoms with E-state index < -0.39 is 30.2 Å². The van der Waals surface area contributed by atoms with Crippen LogP contribution in [0.5, 0.6) is 23.0 Å². The van der Waals surface area contributed by atoms with Crippen LogP contribution in [0.4, 0.5) is 10.5 Å². The highest BCUT2D eigenvalue weighted by Crippen LogP contribution is 2.35. The molecule has 0 atom stereocenters. The maximum absolute atomic E-state index is 13.0. The van der Waals surface area contributed by atoms with Crippen molar-refractivity contribution < 1.29 is 38.1 Å². The normalized spacial score (nSPS) is 15.0. The molecule has 4 rings (SSSR count). The van der Waals surface area contributed by atoms with Crippen molar-refractivity contribution in [3.8, 4) is 23.0 Å². The van der Waals surface area contributed by atoms with E-state index in [2.05, 4.69) is 0 Å². The van der Waals surface area contributed by atoms with E-state index in [0.29, 0.717) is 54.3 Å². The first-order chi connectivity index (χ1) is 16.9. The fraction of sp³-hybridized carbons (Fsp3) is 0.360. The maximum Gasteiger partial charge on any atom is 0.339 e. The summed E-state index contributed by atoms with van der Waals surface area (Å²) in [5.74, 6) is -0.902. The van der Waals surface area contributed by atoms with E-state index in [1.807, 2.05) is 13.8 Å². The van der Waals surface area contributed by atoms with Crippen LogP contribution < -0.4 is 23.8 Å². The lowest BCUT2D eigenvalue weighted by atomic mass is 10.1. The number of carbonyl (C=O) groups excluding carboxylic acids is 4. The van der Waals surface area contributed by atoms with Crippen LogP contribution >= 0.6 is 0 Å². The Labute approximate surface area is 202 Å². The molecule has 2 aliphatic heterocycles. The van der Waals surface area contributed by atoms with Crippen molar-refractivity contribution in [1.82, 2.24) is 4.90 Å². The molecule has 0 spiro atoms. The average molecular weight is 482 g/mol. The molecule has 2 aliphatic rings. The summed E-state index contributed by atoms with van der Waals surface area (Å²) in [6.07, 6.45) is 1.53. The summed E-state index contributed by atoms with van der Waals surface area (Å²) in [6, 6.07) is 8.27. The number of hydrogen-bond acceptors (Lipinski definition) is 8. The van der Waals surface area contributed by atoms with Gasteiger partial charge in [-0.3, -0.25) is 14.4 Å². The number of imide groups is 2. The molecule has 0 aromatic heterocycles. The first-order valence-electron chi connectivity index (χ1n) is 11.5. The molecule has 184 valence electrons. The highest BCUT2D eigenvalue weighted by molar-refractivity contribution is 6.53. The van der Waals surface area contributed by atoms with E-state index >= 15 is 0 Å². The third-order valence-corrected chi connectivity index (χ3v) is 5.33. The minimum atomic E-state index is -1.08. The largest absolute Gasteiger partial charge is 0.490 e. The quantitative estimate of drug-likeness (QED) is 0.288. The number of hydrogen-bond donors (Lipinski definition) is 0. The Hall–Kier alpha value is -4.08. The van der Waals surface area contributed by atoms with Crippen molar-refractivity contribution in [2.45, 2.75) is 26.7 Å². The molecule has 0 radical (unpaired) electrons. The summed E-state index contributed by atoms with van der Waals surface area (Å²) in [5.41, 5.74) is 0.381. The number of Topliss-reactive ketones (excluding diaryl/α,β-unsaturated/α-hetero) is 1. The zero-order valence-electron chi connectivity index (χ0n) is 19.6. The van der Waals surface area contributed by atoms with Gasteiger partial charge in [-0.1, -0.05) is 13.8 Å². The molecule has 2 aromatic rings. The summed E-state index contributed by atoms with van der Waals surface area (Å²) in [4.78, 5) is 52.6. The van der Waals surface area contributed by atoms with Crippen molar-refractivity contribution in [1.29, 1.82) is 0 Å². The van der Waals surface area contributed by atoms with Gasteiger partial charge in [0, 0.05) is 11.6 Å². The first kappa shape index (κ1) is 24.1. The molecule has 10 nitrogen and oxygen atoms in total. The van der Waals surface area contributed by atoms with Gasteiger partial charge in [0.25, 0.3) is 0 Å². The molecule has 0 saturated carbocycles. The molecule has 0 unspecified atom stereocenters. The minimum Gasteiger partial charge on any atom is -0.490 e. The van der Waals surface area contributed by atoms with Gasteiger partial charge in [0.1, 0.15) is 13.2 Å². The number of fused-ring (bicyclic) bond motifs is 1. The fourth-order valence-corrected chi connectivity index (χ4v) is 3.62. The molecule has 4 amide bonds. The van der Waals surface area contributed by atoms with E-state index in [9.17, 15) is 19.2 Å². The molecule has 2 aromatic carbocycles. The number of carbonyl (C=O) groups is 4. The van der Waals surface area contributed by atoms with Crippen LogP contribution in [0, 0.1) is 0 Å². The molecule has 35 heavy (non-hydrogen) atoms. The van der Waals surface area contributed by atoms with Crippen molar-refractivity contribution in [2.75, 3.05) is 37.9 Å². The average Bonchev–Trinajstić information content (AvgIpc) is 3.09. The zero-order chi connectivity index (χ0) is 24.9. The number of ether oxygens (including phenoxy) is 4. The second-order valence-electron chi connectivity index (χ2n) is 7.92. The van der Waals surface area contributed by atoms with Crippen LogP contribution in [0.25, 0.3) is 0 Å². The number of ketones is 1. The second kappa shape index (κ2) is 10.5. The Morgan fingerprint density at radius 2 is 1.54 bits per heavy atom. The summed E-state index contributed by atoms with van der Waals surface area (Å²) in [7, 11) is 0. The standard InChI is InChI=1S/C25H26N2O8/c1-3-9-32-20-8-6-17(14-22(20)33-10-4-2)27-24(30)23(29)26(25(27)31)15-18(28)16-5-7-19-21(13-16)35-12-11-34-19/h5-8,13-14H,3-4,9-12,15H2,1-2H3. The number of anilines is 1. The number of rotatable bonds is 10. The number of amides is 4. The van der Waals surface area contributed by atoms with Crippen LogP contribution in [0.15, 0.2) is 36.4 Å². The van der Waals surface area contributed by atoms with E-state index in [4.69, 9.17) is 18.9 Å². The summed E-state index contributed by atoms with van der Waals surface area (Å²) in [5, 5.41) is 0. The predicted octanol–water partition coefficient (Wildman–Crippen LogP) is 3.21. The van der Waals surface area contributed by atoms with Crippen LogP contribution in [-0.2, 0) is 9.59 Å². The predicted molar refractivity (Wildman–Crippen MR) is 124 cm³/mol. The molecule has 2 heterocycles. The number of nitrogens with zero attached hydrogens (tertiary/aromatic N) is 2. The van der Waals surface area contributed by atoms with E-state index in [1.54, 1.807) is 12.1 Å². The van der Waals surface area contributed by atoms with E-state index in [1.165, 1.54) is 24.3 Å². The van der Waals surface area contributed by atoms with Gasteiger partial charge < -0.3 is 18.9 Å². The van der Waals surface area contributed by atoms with Crippen LogP contribution in [0.2, 0.25) is 0 Å². The zero-order valence-corrected chi connectivity index (χ0v) is 19.6. The van der Waals surface area contributed by atoms with Gasteiger partial charge >= 0.3 is 17.8 Å². The van der Waals surface area contributed by atoms with Gasteiger partial charge in [0.2, 0.25) is 0 Å². The monoisotopic (exact) mass is 482 g/mol. The third-order valence-electron chi connectivity index (χ3n) is 5.33. The molecule has 0 aliphatic carbocycles. The van der Waals surface area contributed by atoms with Gasteiger partial charge in [-0.25, -0.2) is 14.6 Å². The SMILES string of the molecule is CCCOc1ccc(N2C(=O)C(=O)N(CC(=O)c3ccc4c(c3)OCCO4)C2=O)cc1OCCC.